The van der Waals surface area contributed by atoms with Crippen molar-refractivity contribution in [2.75, 3.05) is 11.1 Å². The Labute approximate surface area is 118 Å². The molecule has 3 aromatic rings. The number of aromatic hydroxyl groups is 1. The predicted octanol–water partition coefficient (Wildman–Crippen LogP) is 1.40. The van der Waals surface area contributed by atoms with Gasteiger partial charge in [0, 0.05) is 11.4 Å². The Morgan fingerprint density at radius 3 is 2.67 bits per heavy atom. The van der Waals surface area contributed by atoms with Crippen molar-refractivity contribution < 1.29 is 9.90 Å². The number of hydrogen-bond donors (Lipinski definition) is 5. The summed E-state index contributed by atoms with van der Waals surface area (Å²) >= 11 is 0. The van der Waals surface area contributed by atoms with Gasteiger partial charge in [0.2, 0.25) is 0 Å². The molecule has 0 saturated heterocycles. The Morgan fingerprint density at radius 1 is 1.10 bits per heavy atom. The summed E-state index contributed by atoms with van der Waals surface area (Å²) in [4.78, 5) is 28.5. The van der Waals surface area contributed by atoms with E-state index >= 15 is 0 Å². The van der Waals surface area contributed by atoms with Gasteiger partial charge in [-0.15, -0.1) is 0 Å². The second-order valence-corrected chi connectivity index (χ2v) is 4.57. The molecule has 2 aromatic carbocycles. The second kappa shape index (κ2) is 4.71. The molecule has 7 heteroatoms. The standard InChI is InChI=1S/C14H12N4O3/c15-10-3-2-8(19)6-9(10)13(20)16-7-1-4-11-12(5-7)18-14(21)17-11/h1-6,19H,15H2,(H,16,20)(H2,17,18,21). The number of anilines is 2. The monoisotopic (exact) mass is 284 g/mol. The summed E-state index contributed by atoms with van der Waals surface area (Å²) in [6, 6.07) is 9.11. The molecule has 0 atom stereocenters. The summed E-state index contributed by atoms with van der Waals surface area (Å²) in [5.74, 6) is -0.486. The number of rotatable bonds is 2. The summed E-state index contributed by atoms with van der Waals surface area (Å²) in [5, 5.41) is 12.1. The summed E-state index contributed by atoms with van der Waals surface area (Å²) in [7, 11) is 0. The molecule has 0 aliphatic rings. The van der Waals surface area contributed by atoms with Crippen LogP contribution in [0.5, 0.6) is 5.75 Å². The quantitative estimate of drug-likeness (QED) is 0.360. The Kier molecular flexibility index (Phi) is 2.87. The topological polar surface area (TPSA) is 124 Å². The van der Waals surface area contributed by atoms with Gasteiger partial charge in [-0.2, -0.15) is 0 Å². The number of carbonyl (C=O) groups excluding carboxylic acids is 1. The molecule has 0 aliphatic heterocycles. The zero-order valence-corrected chi connectivity index (χ0v) is 10.8. The number of aromatic amines is 2. The van der Waals surface area contributed by atoms with Crippen LogP contribution in [0.2, 0.25) is 0 Å². The van der Waals surface area contributed by atoms with Crippen molar-refractivity contribution >= 4 is 28.3 Å². The van der Waals surface area contributed by atoms with Gasteiger partial charge in [-0.25, -0.2) is 4.79 Å². The highest BCUT2D eigenvalue weighted by Crippen LogP contribution is 2.21. The van der Waals surface area contributed by atoms with Gasteiger partial charge in [0.15, 0.2) is 0 Å². The van der Waals surface area contributed by atoms with Crippen LogP contribution in [0.1, 0.15) is 10.4 Å². The van der Waals surface area contributed by atoms with Crippen molar-refractivity contribution in [3.8, 4) is 5.75 Å². The van der Waals surface area contributed by atoms with Crippen LogP contribution in [-0.4, -0.2) is 21.0 Å². The number of nitrogens with two attached hydrogens (primary N) is 1. The molecule has 0 saturated carbocycles. The fourth-order valence-corrected chi connectivity index (χ4v) is 2.05. The highest BCUT2D eigenvalue weighted by atomic mass is 16.3. The van der Waals surface area contributed by atoms with E-state index < -0.39 is 5.91 Å². The van der Waals surface area contributed by atoms with E-state index in [0.717, 1.165) is 0 Å². The molecule has 1 heterocycles. The molecule has 6 N–H and O–H groups in total. The minimum absolute atomic E-state index is 0.0419. The minimum atomic E-state index is -0.444. The first-order chi connectivity index (χ1) is 10.0. The molecule has 7 nitrogen and oxygen atoms in total. The maximum absolute atomic E-state index is 12.1. The van der Waals surface area contributed by atoms with E-state index in [-0.39, 0.29) is 22.7 Å². The minimum Gasteiger partial charge on any atom is -0.508 e. The number of fused-ring (bicyclic) bond motifs is 1. The van der Waals surface area contributed by atoms with Crippen LogP contribution in [0.4, 0.5) is 11.4 Å². The van der Waals surface area contributed by atoms with Gasteiger partial charge in [0.25, 0.3) is 5.91 Å². The molecule has 21 heavy (non-hydrogen) atoms. The van der Waals surface area contributed by atoms with Gasteiger partial charge in [0.05, 0.1) is 16.6 Å². The zero-order chi connectivity index (χ0) is 15.0. The number of benzene rings is 2. The molecule has 106 valence electrons. The molecule has 0 fully saturated rings. The maximum atomic E-state index is 12.1. The van der Waals surface area contributed by atoms with Crippen molar-refractivity contribution in [3.05, 3.63) is 52.4 Å². The van der Waals surface area contributed by atoms with Crippen LogP contribution in [0.15, 0.2) is 41.2 Å². The predicted molar refractivity (Wildman–Crippen MR) is 79.4 cm³/mol. The summed E-state index contributed by atoms with van der Waals surface area (Å²) < 4.78 is 0. The van der Waals surface area contributed by atoms with E-state index in [1.54, 1.807) is 18.2 Å². The summed E-state index contributed by atoms with van der Waals surface area (Å²) in [5.41, 5.74) is 7.58. The number of nitrogen functional groups attached to an aromatic ring is 1. The normalized spacial score (nSPS) is 10.7. The summed E-state index contributed by atoms with van der Waals surface area (Å²) in [6.07, 6.45) is 0. The first-order valence-corrected chi connectivity index (χ1v) is 6.15. The van der Waals surface area contributed by atoms with Gasteiger partial charge in [-0.3, -0.25) is 4.79 Å². The maximum Gasteiger partial charge on any atom is 0.323 e. The van der Waals surface area contributed by atoms with Crippen LogP contribution >= 0.6 is 0 Å². The molecule has 0 unspecified atom stereocenters. The Balaban J connectivity index is 1.92. The number of phenols is 1. The van der Waals surface area contributed by atoms with Gasteiger partial charge >= 0.3 is 5.69 Å². The molecule has 0 bridgehead atoms. The third-order valence-electron chi connectivity index (χ3n) is 3.06. The lowest BCUT2D eigenvalue weighted by atomic mass is 10.1. The number of imidazole rings is 1. The third-order valence-corrected chi connectivity index (χ3v) is 3.06. The van der Waals surface area contributed by atoms with Crippen LogP contribution in [0, 0.1) is 0 Å². The molecule has 0 radical (unpaired) electrons. The largest absolute Gasteiger partial charge is 0.508 e. The van der Waals surface area contributed by atoms with E-state index in [1.807, 2.05) is 0 Å². The third kappa shape index (κ3) is 2.44. The van der Waals surface area contributed by atoms with E-state index in [9.17, 15) is 14.7 Å². The second-order valence-electron chi connectivity index (χ2n) is 4.57. The number of amides is 1. The Morgan fingerprint density at radius 2 is 1.86 bits per heavy atom. The first kappa shape index (κ1) is 12.8. The average Bonchev–Trinajstić information content (AvgIpc) is 2.80. The van der Waals surface area contributed by atoms with Crippen LogP contribution in [0.25, 0.3) is 11.0 Å². The molecular weight excluding hydrogens is 272 g/mol. The van der Waals surface area contributed by atoms with Gasteiger partial charge in [0.1, 0.15) is 5.75 Å². The van der Waals surface area contributed by atoms with Gasteiger partial charge < -0.3 is 26.1 Å². The Hall–Kier alpha value is -3.22. The molecule has 3 rings (SSSR count). The van der Waals surface area contributed by atoms with Crippen LogP contribution in [-0.2, 0) is 0 Å². The van der Waals surface area contributed by atoms with Crippen molar-refractivity contribution in [2.24, 2.45) is 0 Å². The lowest BCUT2D eigenvalue weighted by Gasteiger charge is -2.08. The van der Waals surface area contributed by atoms with Gasteiger partial charge in [-0.05, 0) is 36.4 Å². The zero-order valence-electron chi connectivity index (χ0n) is 10.8. The molecule has 1 amide bonds. The van der Waals surface area contributed by atoms with Crippen molar-refractivity contribution in [1.29, 1.82) is 0 Å². The Bertz CT molecular complexity index is 895. The average molecular weight is 284 g/mol. The fourth-order valence-electron chi connectivity index (χ4n) is 2.05. The van der Waals surface area contributed by atoms with E-state index in [4.69, 9.17) is 5.73 Å². The first-order valence-electron chi connectivity index (χ1n) is 6.15. The number of phenolic OH excluding ortho intramolecular Hbond substituents is 1. The van der Waals surface area contributed by atoms with Gasteiger partial charge in [-0.1, -0.05) is 0 Å². The number of carbonyl (C=O) groups is 1. The number of nitrogens with one attached hydrogen (secondary N) is 3. The van der Waals surface area contributed by atoms with E-state index in [1.165, 1.54) is 18.2 Å². The number of aromatic nitrogens is 2. The van der Waals surface area contributed by atoms with E-state index in [0.29, 0.717) is 16.7 Å². The highest BCUT2D eigenvalue weighted by molar-refractivity contribution is 6.08. The molecule has 0 spiro atoms. The van der Waals surface area contributed by atoms with Crippen molar-refractivity contribution in [3.63, 3.8) is 0 Å². The van der Waals surface area contributed by atoms with Crippen LogP contribution < -0.4 is 16.7 Å². The number of hydrogen-bond acceptors (Lipinski definition) is 4. The lowest BCUT2D eigenvalue weighted by molar-refractivity contribution is 0.102. The van der Waals surface area contributed by atoms with Crippen molar-refractivity contribution in [1.82, 2.24) is 9.97 Å². The fraction of sp³-hybridized carbons (Fsp3) is 0. The molecular formula is C14H12N4O3. The van der Waals surface area contributed by atoms with Crippen molar-refractivity contribution in [2.45, 2.75) is 0 Å². The number of H-pyrrole nitrogens is 2. The lowest BCUT2D eigenvalue weighted by Crippen LogP contribution is -2.13. The SMILES string of the molecule is Nc1ccc(O)cc1C(=O)Nc1ccc2[nH]c(=O)[nH]c2c1. The highest BCUT2D eigenvalue weighted by Gasteiger charge is 2.11. The smallest absolute Gasteiger partial charge is 0.323 e. The van der Waals surface area contributed by atoms with Crippen LogP contribution in [0.3, 0.4) is 0 Å². The summed E-state index contributed by atoms with van der Waals surface area (Å²) in [6.45, 7) is 0. The molecule has 1 aromatic heterocycles. The molecule has 0 aliphatic carbocycles. The van der Waals surface area contributed by atoms with E-state index in [2.05, 4.69) is 15.3 Å².